The van der Waals surface area contributed by atoms with Crippen molar-refractivity contribution < 1.29 is 4.74 Å². The van der Waals surface area contributed by atoms with E-state index in [9.17, 15) is 0 Å². The van der Waals surface area contributed by atoms with Gasteiger partial charge in [0.15, 0.2) is 0 Å². The van der Waals surface area contributed by atoms with Crippen molar-refractivity contribution >= 4 is 0 Å². The zero-order chi connectivity index (χ0) is 12.1. The Labute approximate surface area is 106 Å². The zero-order valence-corrected chi connectivity index (χ0v) is 11.5. The number of rotatable bonds is 4. The van der Waals surface area contributed by atoms with E-state index < -0.39 is 0 Å². The van der Waals surface area contributed by atoms with Crippen molar-refractivity contribution in [3.05, 3.63) is 0 Å². The molecule has 0 radical (unpaired) electrons. The van der Waals surface area contributed by atoms with Gasteiger partial charge in [-0.05, 0) is 31.1 Å². The lowest BCUT2D eigenvalue weighted by atomic mass is 9.96. The molecule has 2 aliphatic heterocycles. The van der Waals surface area contributed by atoms with Crippen LogP contribution in [0.5, 0.6) is 0 Å². The summed E-state index contributed by atoms with van der Waals surface area (Å²) in [6.07, 6.45) is 3.85. The second-order valence-electron chi connectivity index (χ2n) is 6.04. The van der Waals surface area contributed by atoms with Crippen molar-refractivity contribution in [2.75, 3.05) is 39.4 Å². The van der Waals surface area contributed by atoms with Gasteiger partial charge in [0.2, 0.25) is 0 Å². The minimum atomic E-state index is 0.756. The summed E-state index contributed by atoms with van der Waals surface area (Å²) in [5, 5.41) is 3.54. The quantitative estimate of drug-likeness (QED) is 0.810. The van der Waals surface area contributed by atoms with Gasteiger partial charge in [0, 0.05) is 45.4 Å². The maximum atomic E-state index is 5.45. The van der Waals surface area contributed by atoms with Crippen LogP contribution in [0, 0.1) is 11.8 Å². The summed E-state index contributed by atoms with van der Waals surface area (Å²) in [7, 11) is 0. The largest absolute Gasteiger partial charge is 0.381 e. The zero-order valence-electron chi connectivity index (χ0n) is 11.5. The highest BCUT2D eigenvalue weighted by Crippen LogP contribution is 2.20. The monoisotopic (exact) mass is 240 g/mol. The average molecular weight is 240 g/mol. The van der Waals surface area contributed by atoms with Gasteiger partial charge in [-0.3, -0.25) is 4.90 Å². The number of piperazine rings is 1. The van der Waals surface area contributed by atoms with E-state index >= 15 is 0 Å². The molecule has 0 aromatic carbocycles. The molecule has 2 fully saturated rings. The van der Waals surface area contributed by atoms with Gasteiger partial charge in [0.05, 0.1) is 0 Å². The molecule has 0 saturated carbocycles. The van der Waals surface area contributed by atoms with Gasteiger partial charge in [-0.1, -0.05) is 13.8 Å². The Morgan fingerprint density at radius 2 is 2.06 bits per heavy atom. The smallest absolute Gasteiger partial charge is 0.0469 e. The SMILES string of the molecule is CC(C)CC1CNCCN1CC1CCOCC1. The summed E-state index contributed by atoms with van der Waals surface area (Å²) in [4.78, 5) is 2.73. The van der Waals surface area contributed by atoms with Crippen molar-refractivity contribution in [2.24, 2.45) is 11.8 Å². The van der Waals surface area contributed by atoms with E-state index in [1.807, 2.05) is 0 Å². The minimum Gasteiger partial charge on any atom is -0.381 e. The number of nitrogens with one attached hydrogen (secondary N) is 1. The molecule has 1 N–H and O–H groups in total. The van der Waals surface area contributed by atoms with Gasteiger partial charge >= 0.3 is 0 Å². The highest BCUT2D eigenvalue weighted by Gasteiger charge is 2.26. The van der Waals surface area contributed by atoms with E-state index in [0.717, 1.165) is 37.6 Å². The predicted octanol–water partition coefficient (Wildman–Crippen LogP) is 1.73. The van der Waals surface area contributed by atoms with Crippen LogP contribution in [0.3, 0.4) is 0 Å². The summed E-state index contributed by atoms with van der Waals surface area (Å²) in [6.45, 7) is 11.5. The van der Waals surface area contributed by atoms with E-state index in [-0.39, 0.29) is 0 Å². The Morgan fingerprint density at radius 1 is 1.29 bits per heavy atom. The fourth-order valence-corrected chi connectivity index (χ4v) is 3.08. The van der Waals surface area contributed by atoms with Crippen LogP contribution in [0.4, 0.5) is 0 Å². The Bertz CT molecular complexity index is 214. The van der Waals surface area contributed by atoms with Crippen LogP contribution < -0.4 is 5.32 Å². The van der Waals surface area contributed by atoms with Crippen LogP contribution in [0.25, 0.3) is 0 Å². The van der Waals surface area contributed by atoms with E-state index in [1.165, 1.54) is 38.9 Å². The lowest BCUT2D eigenvalue weighted by molar-refractivity contribution is 0.0383. The third-order valence-corrected chi connectivity index (χ3v) is 4.05. The Balaban J connectivity index is 1.82. The molecule has 1 unspecified atom stereocenters. The summed E-state index contributed by atoms with van der Waals surface area (Å²) < 4.78 is 5.45. The van der Waals surface area contributed by atoms with Crippen molar-refractivity contribution in [1.82, 2.24) is 10.2 Å². The second-order valence-corrected chi connectivity index (χ2v) is 6.04. The molecular formula is C14H28N2O. The molecule has 2 aliphatic rings. The second kappa shape index (κ2) is 6.72. The number of ether oxygens (including phenoxy) is 1. The standard InChI is InChI=1S/C14H28N2O/c1-12(2)9-14-10-15-5-6-16(14)11-13-3-7-17-8-4-13/h12-15H,3-11H2,1-2H3. The molecule has 2 rings (SSSR count). The summed E-state index contributed by atoms with van der Waals surface area (Å²) in [6, 6.07) is 0.756. The minimum absolute atomic E-state index is 0.756. The Hall–Kier alpha value is -0.120. The first-order valence-electron chi connectivity index (χ1n) is 7.28. The molecule has 2 saturated heterocycles. The number of hydrogen-bond acceptors (Lipinski definition) is 3. The molecule has 3 nitrogen and oxygen atoms in total. The Kier molecular flexibility index (Phi) is 5.26. The van der Waals surface area contributed by atoms with E-state index in [0.29, 0.717) is 0 Å². The first kappa shape index (κ1) is 13.3. The van der Waals surface area contributed by atoms with Gasteiger partial charge in [-0.25, -0.2) is 0 Å². The van der Waals surface area contributed by atoms with Crippen molar-refractivity contribution in [3.8, 4) is 0 Å². The highest BCUT2D eigenvalue weighted by atomic mass is 16.5. The summed E-state index contributed by atoms with van der Waals surface area (Å²) in [5.74, 6) is 1.67. The molecule has 0 bridgehead atoms. The van der Waals surface area contributed by atoms with E-state index in [4.69, 9.17) is 4.74 Å². The third-order valence-electron chi connectivity index (χ3n) is 4.05. The molecule has 1 atom stereocenters. The summed E-state index contributed by atoms with van der Waals surface area (Å²) in [5.41, 5.74) is 0. The van der Waals surface area contributed by atoms with Crippen LogP contribution in [-0.2, 0) is 4.74 Å². The number of nitrogens with zero attached hydrogens (tertiary/aromatic N) is 1. The van der Waals surface area contributed by atoms with Crippen molar-refractivity contribution in [1.29, 1.82) is 0 Å². The van der Waals surface area contributed by atoms with E-state index in [1.54, 1.807) is 0 Å². The first-order valence-corrected chi connectivity index (χ1v) is 7.28. The highest BCUT2D eigenvalue weighted by molar-refractivity contribution is 4.82. The van der Waals surface area contributed by atoms with Crippen molar-refractivity contribution in [2.45, 2.75) is 39.2 Å². The van der Waals surface area contributed by atoms with Gasteiger partial charge in [0.1, 0.15) is 0 Å². The fraction of sp³-hybridized carbons (Fsp3) is 1.00. The molecule has 0 aromatic heterocycles. The van der Waals surface area contributed by atoms with Crippen LogP contribution in [0.2, 0.25) is 0 Å². The van der Waals surface area contributed by atoms with Crippen LogP contribution >= 0.6 is 0 Å². The molecule has 0 aliphatic carbocycles. The lowest BCUT2D eigenvalue weighted by Gasteiger charge is -2.39. The average Bonchev–Trinajstić information content (AvgIpc) is 2.32. The normalized spacial score (nSPS) is 28.8. The predicted molar refractivity (Wildman–Crippen MR) is 71.2 cm³/mol. The van der Waals surface area contributed by atoms with Gasteiger partial charge in [-0.15, -0.1) is 0 Å². The van der Waals surface area contributed by atoms with Gasteiger partial charge < -0.3 is 10.1 Å². The Morgan fingerprint density at radius 3 is 2.76 bits per heavy atom. The van der Waals surface area contributed by atoms with Gasteiger partial charge in [0.25, 0.3) is 0 Å². The van der Waals surface area contributed by atoms with Crippen molar-refractivity contribution in [3.63, 3.8) is 0 Å². The molecule has 17 heavy (non-hydrogen) atoms. The number of hydrogen-bond donors (Lipinski definition) is 1. The maximum Gasteiger partial charge on any atom is 0.0469 e. The first-order chi connectivity index (χ1) is 8.25. The molecule has 3 heteroatoms. The summed E-state index contributed by atoms with van der Waals surface area (Å²) >= 11 is 0. The molecule has 0 aromatic rings. The lowest BCUT2D eigenvalue weighted by Crippen LogP contribution is -2.53. The molecule has 0 spiro atoms. The van der Waals surface area contributed by atoms with Crippen LogP contribution in [-0.4, -0.2) is 50.3 Å². The van der Waals surface area contributed by atoms with Crippen LogP contribution in [0.1, 0.15) is 33.1 Å². The molecule has 100 valence electrons. The molecule has 2 heterocycles. The van der Waals surface area contributed by atoms with Crippen LogP contribution in [0.15, 0.2) is 0 Å². The molecular weight excluding hydrogens is 212 g/mol. The van der Waals surface area contributed by atoms with E-state index in [2.05, 4.69) is 24.1 Å². The third kappa shape index (κ3) is 4.23. The molecule has 0 amide bonds. The fourth-order valence-electron chi connectivity index (χ4n) is 3.08. The topological polar surface area (TPSA) is 24.5 Å². The van der Waals surface area contributed by atoms with Gasteiger partial charge in [-0.2, -0.15) is 0 Å². The maximum absolute atomic E-state index is 5.45.